The van der Waals surface area contributed by atoms with E-state index >= 15 is 0 Å². The van der Waals surface area contributed by atoms with Crippen molar-refractivity contribution >= 4 is 34.1 Å². The smallest absolute Gasteiger partial charge is 0.242 e. The zero-order valence-electron chi connectivity index (χ0n) is 14.5. The number of hydrogen-bond donors (Lipinski definition) is 1. The third-order valence-corrected chi connectivity index (χ3v) is 4.92. The molecule has 0 unspecified atom stereocenters. The summed E-state index contributed by atoms with van der Waals surface area (Å²) in [5.74, 6) is -0.433. The number of fused-ring (bicyclic) bond motifs is 1. The van der Waals surface area contributed by atoms with Gasteiger partial charge in [-0.15, -0.1) is 0 Å². The summed E-state index contributed by atoms with van der Waals surface area (Å²) in [5, 5.41) is 3.87. The summed E-state index contributed by atoms with van der Waals surface area (Å²) in [6, 6.07) is 18.8. The Balaban J connectivity index is 1.58. The molecule has 0 radical (unpaired) electrons. The van der Waals surface area contributed by atoms with E-state index in [9.17, 15) is 9.59 Å². The fourth-order valence-corrected chi connectivity index (χ4v) is 3.20. The fraction of sp³-hybridized carbons (Fsp3) is 0.190. The molecule has 1 heterocycles. The van der Waals surface area contributed by atoms with Crippen LogP contribution in [-0.2, 0) is 9.59 Å². The quantitative estimate of drug-likeness (QED) is 0.735. The van der Waals surface area contributed by atoms with Crippen LogP contribution in [0.25, 0.3) is 10.9 Å². The van der Waals surface area contributed by atoms with Crippen molar-refractivity contribution in [3.8, 4) is 0 Å². The molecule has 130 valence electrons. The topological polar surface area (TPSA) is 62.3 Å². The second kappa shape index (κ2) is 6.26. The number of rotatable bonds is 4. The summed E-state index contributed by atoms with van der Waals surface area (Å²) in [5.41, 5.74) is 1.16. The molecule has 0 spiro atoms. The van der Waals surface area contributed by atoms with Crippen molar-refractivity contribution in [1.82, 2.24) is 4.98 Å². The number of carbonyl (C=O) groups excluding carboxylic acids is 2. The number of benzene rings is 2. The van der Waals surface area contributed by atoms with Gasteiger partial charge in [0.05, 0.1) is 11.2 Å². The third-order valence-electron chi connectivity index (χ3n) is 4.92. The van der Waals surface area contributed by atoms with Gasteiger partial charge >= 0.3 is 0 Å². The maximum atomic E-state index is 13.0. The number of para-hydroxylation sites is 2. The molecule has 1 saturated carbocycles. The summed E-state index contributed by atoms with van der Waals surface area (Å²) in [6.45, 7) is 0. The minimum absolute atomic E-state index is 0.172. The Bertz CT molecular complexity index is 975. The number of nitrogens with one attached hydrogen (secondary N) is 1. The number of hydrogen-bond acceptors (Lipinski definition) is 3. The molecule has 1 aliphatic rings. The predicted molar refractivity (Wildman–Crippen MR) is 102 cm³/mol. The Morgan fingerprint density at radius 2 is 1.73 bits per heavy atom. The first-order valence-corrected chi connectivity index (χ1v) is 8.60. The van der Waals surface area contributed by atoms with E-state index in [-0.39, 0.29) is 11.8 Å². The van der Waals surface area contributed by atoms with Crippen molar-refractivity contribution in [1.29, 1.82) is 0 Å². The summed E-state index contributed by atoms with van der Waals surface area (Å²) >= 11 is 0. The molecule has 4 rings (SSSR count). The molecule has 0 bridgehead atoms. The molecule has 0 atom stereocenters. The summed E-state index contributed by atoms with van der Waals surface area (Å²) in [7, 11) is 1.71. The van der Waals surface area contributed by atoms with E-state index in [4.69, 9.17) is 0 Å². The van der Waals surface area contributed by atoms with Crippen molar-refractivity contribution in [3.05, 3.63) is 66.9 Å². The largest absolute Gasteiger partial charge is 0.323 e. The molecular weight excluding hydrogens is 326 g/mol. The Labute approximate surface area is 151 Å². The van der Waals surface area contributed by atoms with Gasteiger partial charge < -0.3 is 10.2 Å². The lowest BCUT2D eigenvalue weighted by Gasteiger charge is -2.23. The van der Waals surface area contributed by atoms with Gasteiger partial charge in [0.1, 0.15) is 5.41 Å². The molecule has 1 N–H and O–H groups in total. The van der Waals surface area contributed by atoms with Gasteiger partial charge in [-0.05, 0) is 37.1 Å². The highest BCUT2D eigenvalue weighted by molar-refractivity contribution is 6.18. The van der Waals surface area contributed by atoms with Crippen molar-refractivity contribution in [2.45, 2.75) is 12.8 Å². The van der Waals surface area contributed by atoms with Crippen LogP contribution in [0.5, 0.6) is 0 Å². The molecule has 0 saturated heterocycles. The number of amides is 2. The molecule has 1 aromatic heterocycles. The number of anilines is 2. The predicted octanol–water partition coefficient (Wildman–Crippen LogP) is 3.62. The van der Waals surface area contributed by atoms with Gasteiger partial charge in [-0.1, -0.05) is 36.4 Å². The van der Waals surface area contributed by atoms with E-state index in [1.807, 2.05) is 60.7 Å². The zero-order valence-corrected chi connectivity index (χ0v) is 14.5. The molecule has 2 amide bonds. The van der Waals surface area contributed by atoms with Crippen LogP contribution in [0.4, 0.5) is 11.4 Å². The van der Waals surface area contributed by atoms with Crippen molar-refractivity contribution in [2.75, 3.05) is 17.3 Å². The van der Waals surface area contributed by atoms with Crippen LogP contribution in [0.15, 0.2) is 66.9 Å². The zero-order chi connectivity index (χ0) is 18.1. The van der Waals surface area contributed by atoms with E-state index in [0.717, 1.165) is 16.6 Å². The summed E-state index contributed by atoms with van der Waals surface area (Å²) in [4.78, 5) is 31.8. The van der Waals surface area contributed by atoms with E-state index in [1.165, 1.54) is 0 Å². The first kappa shape index (κ1) is 16.3. The fourth-order valence-electron chi connectivity index (χ4n) is 3.20. The lowest BCUT2D eigenvalue weighted by atomic mass is 10.0. The lowest BCUT2D eigenvalue weighted by molar-refractivity contribution is -0.132. The molecule has 1 aliphatic carbocycles. The molecule has 2 aromatic carbocycles. The molecule has 0 aliphatic heterocycles. The van der Waals surface area contributed by atoms with Gasteiger partial charge in [-0.3, -0.25) is 14.6 Å². The maximum absolute atomic E-state index is 13.0. The second-order valence-corrected chi connectivity index (χ2v) is 6.62. The monoisotopic (exact) mass is 345 g/mol. The van der Waals surface area contributed by atoms with E-state index in [0.29, 0.717) is 18.5 Å². The van der Waals surface area contributed by atoms with Crippen molar-refractivity contribution in [2.24, 2.45) is 5.41 Å². The van der Waals surface area contributed by atoms with Crippen LogP contribution in [0.2, 0.25) is 0 Å². The minimum atomic E-state index is -0.985. The second-order valence-electron chi connectivity index (χ2n) is 6.62. The summed E-state index contributed by atoms with van der Waals surface area (Å²) in [6.07, 6.45) is 2.82. The highest BCUT2D eigenvalue weighted by atomic mass is 16.2. The van der Waals surface area contributed by atoms with E-state index < -0.39 is 5.41 Å². The van der Waals surface area contributed by atoms with Crippen LogP contribution in [-0.4, -0.2) is 23.8 Å². The van der Waals surface area contributed by atoms with Crippen molar-refractivity contribution in [3.63, 3.8) is 0 Å². The Morgan fingerprint density at radius 3 is 2.46 bits per heavy atom. The van der Waals surface area contributed by atoms with Gasteiger partial charge in [0, 0.05) is 24.3 Å². The highest BCUT2D eigenvalue weighted by Gasteiger charge is 2.57. The molecule has 26 heavy (non-hydrogen) atoms. The normalized spacial score (nSPS) is 14.7. The SMILES string of the molecule is CN(C(=O)C1(C(=O)Nc2cccc3cccnc23)CC1)c1ccccc1. The van der Waals surface area contributed by atoms with Gasteiger partial charge in [-0.25, -0.2) is 0 Å². The molecule has 3 aromatic rings. The maximum Gasteiger partial charge on any atom is 0.242 e. The number of carbonyl (C=O) groups is 2. The molecule has 5 heteroatoms. The number of pyridine rings is 1. The van der Waals surface area contributed by atoms with Crippen molar-refractivity contribution < 1.29 is 9.59 Å². The van der Waals surface area contributed by atoms with Gasteiger partial charge in [-0.2, -0.15) is 0 Å². The average molecular weight is 345 g/mol. The first-order chi connectivity index (χ1) is 12.6. The van der Waals surface area contributed by atoms with Crippen LogP contribution in [0.1, 0.15) is 12.8 Å². The Hall–Kier alpha value is -3.21. The third kappa shape index (κ3) is 2.71. The first-order valence-electron chi connectivity index (χ1n) is 8.60. The Kier molecular flexibility index (Phi) is 3.92. The van der Waals surface area contributed by atoms with E-state index in [1.54, 1.807) is 18.1 Å². The molecule has 5 nitrogen and oxygen atoms in total. The van der Waals surface area contributed by atoms with E-state index in [2.05, 4.69) is 10.3 Å². The number of aromatic nitrogens is 1. The standard InChI is InChI=1S/C21H19N3O2/c1-24(16-9-3-2-4-10-16)20(26)21(12-13-21)19(25)23-17-11-5-7-15-8-6-14-22-18(15)17/h2-11,14H,12-13H2,1H3,(H,23,25). The van der Waals surface area contributed by atoms with Gasteiger partial charge in [0.15, 0.2) is 0 Å². The minimum Gasteiger partial charge on any atom is -0.323 e. The lowest BCUT2D eigenvalue weighted by Crippen LogP contribution is -2.41. The van der Waals surface area contributed by atoms with Crippen LogP contribution < -0.4 is 10.2 Å². The summed E-state index contributed by atoms with van der Waals surface area (Å²) < 4.78 is 0. The highest BCUT2D eigenvalue weighted by Crippen LogP contribution is 2.48. The van der Waals surface area contributed by atoms with Gasteiger partial charge in [0.2, 0.25) is 11.8 Å². The Morgan fingerprint density at radius 1 is 1.00 bits per heavy atom. The average Bonchev–Trinajstić information content (AvgIpc) is 3.50. The molecule has 1 fully saturated rings. The van der Waals surface area contributed by atoms with Gasteiger partial charge in [0.25, 0.3) is 0 Å². The van der Waals surface area contributed by atoms with Crippen LogP contribution in [0, 0.1) is 5.41 Å². The molecular formula is C21H19N3O2. The van der Waals surface area contributed by atoms with Crippen LogP contribution >= 0.6 is 0 Å². The van der Waals surface area contributed by atoms with Crippen LogP contribution in [0.3, 0.4) is 0 Å². The number of nitrogens with zero attached hydrogens (tertiary/aromatic N) is 2.